The molecule has 0 fully saturated rings. The summed E-state index contributed by atoms with van der Waals surface area (Å²) < 4.78 is 15.3. The molecule has 0 aliphatic carbocycles. The van der Waals surface area contributed by atoms with Crippen LogP contribution in [-0.4, -0.2) is 15.6 Å². The number of urea groups is 1. The lowest BCUT2D eigenvalue weighted by Gasteiger charge is -2.09. The predicted molar refractivity (Wildman–Crippen MR) is 116 cm³/mol. The van der Waals surface area contributed by atoms with Crippen molar-refractivity contribution in [2.75, 3.05) is 10.6 Å². The number of halogens is 1. The fourth-order valence-corrected chi connectivity index (χ4v) is 3.68. The maximum Gasteiger partial charge on any atom is 0.323 e. The summed E-state index contributed by atoms with van der Waals surface area (Å²) in [6, 6.07) is 13.2. The van der Waals surface area contributed by atoms with Crippen LogP contribution >= 0.6 is 0 Å². The highest BCUT2D eigenvalue weighted by Gasteiger charge is 2.14. The van der Waals surface area contributed by atoms with E-state index in [4.69, 9.17) is 0 Å². The zero-order valence-corrected chi connectivity index (χ0v) is 16.5. The van der Waals surface area contributed by atoms with E-state index in [1.54, 1.807) is 0 Å². The molecule has 2 heterocycles. The molecule has 6 heteroatoms. The lowest BCUT2D eigenvalue weighted by molar-refractivity contribution is 0.262. The van der Waals surface area contributed by atoms with Crippen LogP contribution in [0.15, 0.2) is 54.7 Å². The van der Waals surface area contributed by atoms with Crippen LogP contribution < -0.4 is 10.6 Å². The number of unbranched alkanes of at least 4 members (excludes halogenated alkanes) is 1. The van der Waals surface area contributed by atoms with Crippen molar-refractivity contribution in [2.24, 2.45) is 0 Å². The predicted octanol–water partition coefficient (Wildman–Crippen LogP) is 6.08. The first-order valence-electron chi connectivity index (χ1n) is 9.78. The number of aryl methyl sites for hydroxylation is 2. The molecule has 148 valence electrons. The summed E-state index contributed by atoms with van der Waals surface area (Å²) in [5, 5.41) is 7.79. The van der Waals surface area contributed by atoms with E-state index >= 15 is 0 Å². The largest absolute Gasteiger partial charge is 0.339 e. The zero-order valence-electron chi connectivity index (χ0n) is 16.5. The Morgan fingerprint density at radius 3 is 2.52 bits per heavy atom. The van der Waals surface area contributed by atoms with Crippen molar-refractivity contribution in [3.8, 4) is 0 Å². The standard InChI is InChI=1S/C23H23FN4O/c1-3-4-13-28-21-10-9-18(14-20(21)19-11-12-25-15(2)22(19)28)27-23(29)26-17-7-5-16(24)6-8-17/h5-12,14H,3-4,13H2,1-2H3,(H2,26,27,29). The Kier molecular flexibility index (Phi) is 5.16. The number of carbonyl (C=O) groups is 1. The first-order chi connectivity index (χ1) is 14.1. The van der Waals surface area contributed by atoms with Gasteiger partial charge in [-0.15, -0.1) is 0 Å². The van der Waals surface area contributed by atoms with Crippen molar-refractivity contribution in [1.82, 2.24) is 9.55 Å². The van der Waals surface area contributed by atoms with Gasteiger partial charge in [-0.25, -0.2) is 9.18 Å². The van der Waals surface area contributed by atoms with Crippen molar-refractivity contribution in [1.29, 1.82) is 0 Å². The fourth-order valence-electron chi connectivity index (χ4n) is 3.68. The number of hydrogen-bond donors (Lipinski definition) is 2. The topological polar surface area (TPSA) is 59.0 Å². The quantitative estimate of drug-likeness (QED) is 0.434. The maximum atomic E-state index is 13.0. The minimum Gasteiger partial charge on any atom is -0.339 e. The van der Waals surface area contributed by atoms with Crippen molar-refractivity contribution in [2.45, 2.75) is 33.2 Å². The molecule has 2 aromatic heterocycles. The van der Waals surface area contributed by atoms with Gasteiger partial charge in [0.25, 0.3) is 0 Å². The van der Waals surface area contributed by atoms with E-state index < -0.39 is 0 Å². The van der Waals surface area contributed by atoms with Crippen molar-refractivity contribution >= 4 is 39.2 Å². The number of rotatable bonds is 5. The van der Waals surface area contributed by atoms with Gasteiger partial charge in [-0.3, -0.25) is 4.98 Å². The van der Waals surface area contributed by atoms with Crippen LogP contribution in [-0.2, 0) is 6.54 Å². The molecule has 0 saturated carbocycles. The van der Waals surface area contributed by atoms with Gasteiger partial charge >= 0.3 is 6.03 Å². The van der Waals surface area contributed by atoms with Gasteiger partial charge in [-0.05, 0) is 61.9 Å². The van der Waals surface area contributed by atoms with Gasteiger partial charge in [-0.1, -0.05) is 13.3 Å². The monoisotopic (exact) mass is 390 g/mol. The fraction of sp³-hybridized carbons (Fsp3) is 0.217. The minimum absolute atomic E-state index is 0.342. The Hall–Kier alpha value is -3.41. The summed E-state index contributed by atoms with van der Waals surface area (Å²) >= 11 is 0. The third-order valence-corrected chi connectivity index (χ3v) is 5.05. The third kappa shape index (κ3) is 3.78. The van der Waals surface area contributed by atoms with Crippen LogP contribution in [0, 0.1) is 12.7 Å². The summed E-state index contributed by atoms with van der Waals surface area (Å²) in [7, 11) is 0. The number of pyridine rings is 1. The van der Waals surface area contributed by atoms with E-state index in [1.807, 2.05) is 37.4 Å². The Bertz CT molecular complexity index is 1180. The van der Waals surface area contributed by atoms with E-state index in [1.165, 1.54) is 24.3 Å². The van der Waals surface area contributed by atoms with Gasteiger partial charge in [0.1, 0.15) is 5.82 Å². The van der Waals surface area contributed by atoms with Crippen LogP contribution in [0.5, 0.6) is 0 Å². The van der Waals surface area contributed by atoms with Crippen LogP contribution in [0.4, 0.5) is 20.6 Å². The highest BCUT2D eigenvalue weighted by atomic mass is 19.1. The Morgan fingerprint density at radius 1 is 1.03 bits per heavy atom. The Balaban J connectivity index is 1.66. The summed E-state index contributed by atoms with van der Waals surface area (Å²) in [5.41, 5.74) is 4.50. The van der Waals surface area contributed by atoms with Crippen LogP contribution in [0.1, 0.15) is 25.5 Å². The van der Waals surface area contributed by atoms with Gasteiger partial charge in [0.05, 0.1) is 11.2 Å². The molecule has 0 unspecified atom stereocenters. The maximum absolute atomic E-state index is 13.0. The molecule has 2 amide bonds. The molecule has 0 radical (unpaired) electrons. The zero-order chi connectivity index (χ0) is 20.4. The lowest BCUT2D eigenvalue weighted by Crippen LogP contribution is -2.19. The summed E-state index contributed by atoms with van der Waals surface area (Å²) in [6.45, 7) is 5.14. The number of benzene rings is 2. The SMILES string of the molecule is CCCCn1c2ccc(NC(=O)Nc3ccc(F)cc3)cc2c2ccnc(C)c21. The molecule has 2 aromatic carbocycles. The third-order valence-electron chi connectivity index (χ3n) is 5.05. The molecule has 4 aromatic rings. The first kappa shape index (κ1) is 18.9. The second kappa shape index (κ2) is 7.91. The molecule has 0 bridgehead atoms. The van der Waals surface area contributed by atoms with E-state index in [0.29, 0.717) is 11.4 Å². The molecule has 29 heavy (non-hydrogen) atoms. The van der Waals surface area contributed by atoms with E-state index in [9.17, 15) is 9.18 Å². The number of fused-ring (bicyclic) bond motifs is 3. The molecular formula is C23H23FN4O. The van der Waals surface area contributed by atoms with Gasteiger partial charge in [0.15, 0.2) is 0 Å². The van der Waals surface area contributed by atoms with E-state index in [2.05, 4.69) is 27.1 Å². The number of nitrogens with one attached hydrogen (secondary N) is 2. The highest BCUT2D eigenvalue weighted by Crippen LogP contribution is 2.32. The second-order valence-corrected chi connectivity index (χ2v) is 7.12. The lowest BCUT2D eigenvalue weighted by atomic mass is 10.1. The average molecular weight is 390 g/mol. The Labute approximate surface area is 168 Å². The normalized spacial score (nSPS) is 11.1. The van der Waals surface area contributed by atoms with Crippen molar-refractivity contribution in [3.63, 3.8) is 0 Å². The van der Waals surface area contributed by atoms with Crippen LogP contribution in [0.2, 0.25) is 0 Å². The average Bonchev–Trinajstić information content (AvgIpc) is 3.02. The van der Waals surface area contributed by atoms with E-state index in [-0.39, 0.29) is 11.8 Å². The van der Waals surface area contributed by atoms with Crippen molar-refractivity contribution in [3.05, 3.63) is 66.2 Å². The number of anilines is 2. The minimum atomic E-state index is -0.372. The molecule has 0 aliphatic heterocycles. The Morgan fingerprint density at radius 2 is 1.76 bits per heavy atom. The molecule has 0 saturated heterocycles. The van der Waals surface area contributed by atoms with Gasteiger partial charge in [0.2, 0.25) is 0 Å². The number of carbonyl (C=O) groups excluding carboxylic acids is 1. The number of nitrogens with zero attached hydrogens (tertiary/aromatic N) is 2. The van der Waals surface area contributed by atoms with Gasteiger partial charge < -0.3 is 15.2 Å². The molecule has 0 spiro atoms. The van der Waals surface area contributed by atoms with Crippen LogP contribution in [0.25, 0.3) is 21.8 Å². The second-order valence-electron chi connectivity index (χ2n) is 7.12. The molecule has 2 N–H and O–H groups in total. The summed E-state index contributed by atoms with van der Waals surface area (Å²) in [4.78, 5) is 16.8. The molecular weight excluding hydrogens is 367 g/mol. The van der Waals surface area contributed by atoms with Crippen LogP contribution in [0.3, 0.4) is 0 Å². The first-order valence-corrected chi connectivity index (χ1v) is 9.78. The summed E-state index contributed by atoms with van der Waals surface area (Å²) in [5.74, 6) is -0.342. The number of amides is 2. The smallest absolute Gasteiger partial charge is 0.323 e. The highest BCUT2D eigenvalue weighted by molar-refractivity contribution is 6.10. The van der Waals surface area contributed by atoms with E-state index in [0.717, 1.165) is 46.9 Å². The van der Waals surface area contributed by atoms with Gasteiger partial charge in [0, 0.05) is 40.4 Å². The summed E-state index contributed by atoms with van der Waals surface area (Å²) in [6.07, 6.45) is 4.03. The van der Waals surface area contributed by atoms with Crippen molar-refractivity contribution < 1.29 is 9.18 Å². The molecule has 0 atom stereocenters. The molecule has 5 nitrogen and oxygen atoms in total. The number of hydrogen-bond acceptors (Lipinski definition) is 2. The molecule has 4 rings (SSSR count). The molecule has 0 aliphatic rings. The van der Waals surface area contributed by atoms with Gasteiger partial charge in [-0.2, -0.15) is 0 Å². The number of aromatic nitrogens is 2.